The Hall–Kier alpha value is -3.32. The number of ether oxygens (including phenoxy) is 1. The number of fused-ring (bicyclic) bond motifs is 1. The first-order chi connectivity index (χ1) is 15.5. The van der Waals surface area contributed by atoms with Gasteiger partial charge in [0, 0.05) is 62.7 Å². The van der Waals surface area contributed by atoms with Gasteiger partial charge in [-0.1, -0.05) is 30.3 Å². The van der Waals surface area contributed by atoms with Crippen molar-refractivity contribution in [2.75, 3.05) is 46.4 Å². The number of benzene rings is 2. The molecule has 1 aliphatic heterocycles. The fourth-order valence-corrected chi connectivity index (χ4v) is 4.32. The standard InChI is InChI=1S/C25H30N4O3/c1-18(30)29-13-11-28(12-14-29)17-25(31)27-15-22(19-7-9-20(32-2)10-8-19)23-16-26-24-6-4-3-5-21(23)24/h3-10,16,22,26H,11-15,17H2,1-2H3,(H,27,31)/t22-/m1/s1. The second kappa shape index (κ2) is 9.87. The number of nitrogens with zero attached hydrogens (tertiary/aromatic N) is 2. The van der Waals surface area contributed by atoms with Gasteiger partial charge in [-0.3, -0.25) is 14.5 Å². The Balaban J connectivity index is 1.46. The van der Waals surface area contributed by atoms with Gasteiger partial charge >= 0.3 is 0 Å². The predicted octanol–water partition coefficient (Wildman–Crippen LogP) is 2.59. The molecule has 1 fully saturated rings. The first-order valence-electron chi connectivity index (χ1n) is 11.0. The SMILES string of the molecule is COc1ccc([C@@H](CNC(=O)CN2CCN(C(C)=O)CC2)c2c[nH]c3ccccc23)cc1. The van der Waals surface area contributed by atoms with Gasteiger partial charge in [0.25, 0.3) is 0 Å². The highest BCUT2D eigenvalue weighted by molar-refractivity contribution is 5.84. The number of H-pyrrole nitrogens is 1. The van der Waals surface area contributed by atoms with Crippen LogP contribution >= 0.6 is 0 Å². The zero-order chi connectivity index (χ0) is 22.5. The summed E-state index contributed by atoms with van der Waals surface area (Å²) in [5.74, 6) is 0.908. The zero-order valence-corrected chi connectivity index (χ0v) is 18.6. The van der Waals surface area contributed by atoms with Crippen molar-refractivity contribution in [3.05, 3.63) is 65.9 Å². The molecule has 0 bridgehead atoms. The molecule has 0 aliphatic carbocycles. The number of methoxy groups -OCH3 is 1. The van der Waals surface area contributed by atoms with Gasteiger partial charge in [0.05, 0.1) is 13.7 Å². The zero-order valence-electron chi connectivity index (χ0n) is 18.6. The third-order valence-electron chi connectivity index (χ3n) is 6.20. The Kier molecular flexibility index (Phi) is 6.75. The summed E-state index contributed by atoms with van der Waals surface area (Å²) in [7, 11) is 1.66. The van der Waals surface area contributed by atoms with E-state index in [1.54, 1.807) is 14.0 Å². The maximum atomic E-state index is 12.7. The summed E-state index contributed by atoms with van der Waals surface area (Å²) in [6, 6.07) is 16.2. The molecule has 2 heterocycles. The molecule has 2 aromatic carbocycles. The molecule has 1 aliphatic rings. The van der Waals surface area contributed by atoms with Crippen molar-refractivity contribution >= 4 is 22.7 Å². The molecule has 2 N–H and O–H groups in total. The molecule has 0 radical (unpaired) electrons. The third-order valence-corrected chi connectivity index (χ3v) is 6.20. The molecule has 1 aromatic heterocycles. The Morgan fingerprint density at radius 1 is 1.06 bits per heavy atom. The highest BCUT2D eigenvalue weighted by Crippen LogP contribution is 2.31. The van der Waals surface area contributed by atoms with Gasteiger partial charge in [-0.25, -0.2) is 0 Å². The van der Waals surface area contributed by atoms with E-state index in [2.05, 4.69) is 39.5 Å². The highest BCUT2D eigenvalue weighted by atomic mass is 16.5. The second-order valence-electron chi connectivity index (χ2n) is 8.20. The van der Waals surface area contributed by atoms with E-state index in [-0.39, 0.29) is 17.7 Å². The van der Waals surface area contributed by atoms with Crippen molar-refractivity contribution in [2.24, 2.45) is 0 Å². The van der Waals surface area contributed by atoms with Gasteiger partial charge in [0.15, 0.2) is 0 Å². The Morgan fingerprint density at radius 3 is 2.47 bits per heavy atom. The average molecular weight is 435 g/mol. The van der Waals surface area contributed by atoms with E-state index in [4.69, 9.17) is 4.74 Å². The summed E-state index contributed by atoms with van der Waals surface area (Å²) in [4.78, 5) is 31.5. The van der Waals surface area contributed by atoms with Crippen LogP contribution in [-0.2, 0) is 9.59 Å². The van der Waals surface area contributed by atoms with Crippen molar-refractivity contribution in [3.63, 3.8) is 0 Å². The first kappa shape index (κ1) is 21.9. The molecule has 168 valence electrons. The number of piperazine rings is 1. The van der Waals surface area contributed by atoms with Crippen LogP contribution in [0, 0.1) is 0 Å². The van der Waals surface area contributed by atoms with Crippen molar-refractivity contribution < 1.29 is 14.3 Å². The van der Waals surface area contributed by atoms with Gasteiger partial charge in [-0.15, -0.1) is 0 Å². The van der Waals surface area contributed by atoms with Crippen LogP contribution in [0.2, 0.25) is 0 Å². The lowest BCUT2D eigenvalue weighted by Crippen LogP contribution is -2.50. The molecule has 0 saturated carbocycles. The van der Waals surface area contributed by atoms with Crippen LogP contribution in [-0.4, -0.2) is 73.0 Å². The summed E-state index contributed by atoms with van der Waals surface area (Å²) >= 11 is 0. The van der Waals surface area contributed by atoms with Gasteiger partial charge in [-0.05, 0) is 29.3 Å². The molecule has 1 atom stereocenters. The number of amides is 2. The van der Waals surface area contributed by atoms with Crippen LogP contribution in [0.3, 0.4) is 0 Å². The van der Waals surface area contributed by atoms with E-state index in [0.29, 0.717) is 26.2 Å². The Morgan fingerprint density at radius 2 is 1.78 bits per heavy atom. The van der Waals surface area contributed by atoms with Gasteiger partial charge in [-0.2, -0.15) is 0 Å². The first-order valence-corrected chi connectivity index (χ1v) is 11.0. The molecule has 7 heteroatoms. The fourth-order valence-electron chi connectivity index (χ4n) is 4.32. The lowest BCUT2D eigenvalue weighted by molar-refractivity contribution is -0.131. The van der Waals surface area contributed by atoms with E-state index in [1.807, 2.05) is 35.4 Å². The Bertz CT molecular complexity index is 1070. The highest BCUT2D eigenvalue weighted by Gasteiger charge is 2.22. The largest absolute Gasteiger partial charge is 0.497 e. The van der Waals surface area contributed by atoms with Gasteiger partial charge in [0.2, 0.25) is 11.8 Å². The minimum Gasteiger partial charge on any atom is -0.497 e. The van der Waals surface area contributed by atoms with Crippen molar-refractivity contribution in [1.29, 1.82) is 0 Å². The quantitative estimate of drug-likeness (QED) is 0.599. The lowest BCUT2D eigenvalue weighted by atomic mass is 9.90. The number of para-hydroxylation sites is 1. The molecule has 1 saturated heterocycles. The second-order valence-corrected chi connectivity index (χ2v) is 8.20. The number of hydrogen-bond acceptors (Lipinski definition) is 4. The number of aromatic amines is 1. The number of nitrogens with one attached hydrogen (secondary N) is 2. The van der Waals surface area contributed by atoms with Crippen LogP contribution in [0.4, 0.5) is 0 Å². The van der Waals surface area contributed by atoms with E-state index >= 15 is 0 Å². The number of rotatable bonds is 7. The summed E-state index contributed by atoms with van der Waals surface area (Å²) in [5.41, 5.74) is 3.35. The summed E-state index contributed by atoms with van der Waals surface area (Å²) in [6.07, 6.45) is 2.03. The van der Waals surface area contributed by atoms with Crippen LogP contribution in [0.25, 0.3) is 10.9 Å². The van der Waals surface area contributed by atoms with Crippen LogP contribution in [0.15, 0.2) is 54.7 Å². The predicted molar refractivity (Wildman–Crippen MR) is 125 cm³/mol. The molecule has 7 nitrogen and oxygen atoms in total. The van der Waals surface area contributed by atoms with Gasteiger partial charge < -0.3 is 19.9 Å². The maximum Gasteiger partial charge on any atom is 0.234 e. The minimum atomic E-state index is -0.000344. The number of aromatic nitrogens is 1. The number of carbonyl (C=O) groups is 2. The average Bonchev–Trinajstić information content (AvgIpc) is 3.24. The summed E-state index contributed by atoms with van der Waals surface area (Å²) < 4.78 is 5.31. The van der Waals surface area contributed by atoms with E-state index < -0.39 is 0 Å². The number of hydrogen-bond donors (Lipinski definition) is 2. The van der Waals surface area contributed by atoms with Crippen LogP contribution < -0.4 is 10.1 Å². The third kappa shape index (κ3) is 4.94. The molecule has 3 aromatic rings. The molecule has 0 spiro atoms. The van der Waals surface area contributed by atoms with Crippen molar-refractivity contribution in [2.45, 2.75) is 12.8 Å². The number of carbonyl (C=O) groups excluding carboxylic acids is 2. The molecule has 0 unspecified atom stereocenters. The fraction of sp³-hybridized carbons (Fsp3) is 0.360. The smallest absolute Gasteiger partial charge is 0.234 e. The summed E-state index contributed by atoms with van der Waals surface area (Å²) in [5, 5.41) is 4.29. The van der Waals surface area contributed by atoms with E-state index in [0.717, 1.165) is 40.9 Å². The van der Waals surface area contributed by atoms with Crippen molar-refractivity contribution in [1.82, 2.24) is 20.1 Å². The van der Waals surface area contributed by atoms with E-state index in [9.17, 15) is 9.59 Å². The minimum absolute atomic E-state index is 0.000344. The summed E-state index contributed by atoms with van der Waals surface area (Å²) in [6.45, 7) is 5.22. The lowest BCUT2D eigenvalue weighted by Gasteiger charge is -2.33. The normalized spacial score (nSPS) is 15.5. The molecule has 2 amide bonds. The molecule has 4 rings (SSSR count). The van der Waals surface area contributed by atoms with E-state index in [1.165, 1.54) is 0 Å². The van der Waals surface area contributed by atoms with Crippen molar-refractivity contribution in [3.8, 4) is 5.75 Å². The Labute approximate surface area is 188 Å². The molecular weight excluding hydrogens is 404 g/mol. The molecular formula is C25H30N4O3. The molecule has 32 heavy (non-hydrogen) atoms. The topological polar surface area (TPSA) is 77.7 Å². The van der Waals surface area contributed by atoms with Crippen LogP contribution in [0.1, 0.15) is 24.0 Å². The maximum absolute atomic E-state index is 12.7. The van der Waals surface area contributed by atoms with Gasteiger partial charge in [0.1, 0.15) is 5.75 Å². The van der Waals surface area contributed by atoms with Crippen LogP contribution in [0.5, 0.6) is 5.75 Å². The monoisotopic (exact) mass is 434 g/mol.